The normalized spacial score (nSPS) is 29.5. The van der Waals surface area contributed by atoms with Gasteiger partial charge >= 0.3 is 0 Å². The van der Waals surface area contributed by atoms with Crippen LogP contribution in [0.3, 0.4) is 0 Å². The van der Waals surface area contributed by atoms with E-state index in [-0.39, 0.29) is 23.8 Å². The van der Waals surface area contributed by atoms with Gasteiger partial charge in [-0.25, -0.2) is 0 Å². The molecule has 1 amide bonds. The molecule has 1 saturated carbocycles. The zero-order valence-electron chi connectivity index (χ0n) is 12.3. The van der Waals surface area contributed by atoms with Crippen LogP contribution in [0.5, 0.6) is 0 Å². The molecule has 7 heteroatoms. The van der Waals surface area contributed by atoms with E-state index < -0.39 is 0 Å². The molecule has 6 nitrogen and oxygen atoms in total. The minimum Gasteiger partial charge on any atom is -0.346 e. The minimum absolute atomic E-state index is 0.107. The first-order valence-corrected chi connectivity index (χ1v) is 8.95. The predicted octanol–water partition coefficient (Wildman–Crippen LogP) is 1.90. The molecular weight excluding hydrogens is 288 g/mol. The third-order valence-corrected chi connectivity index (χ3v) is 5.48. The molecule has 1 aromatic heterocycles. The summed E-state index contributed by atoms with van der Waals surface area (Å²) in [5, 5.41) is 10.9. The van der Waals surface area contributed by atoms with Crippen LogP contribution in [0.1, 0.15) is 61.1 Å². The Labute approximate surface area is 128 Å². The van der Waals surface area contributed by atoms with Crippen LogP contribution in [0.4, 0.5) is 0 Å². The number of hydrogen-bond donors (Lipinski definition) is 2. The molecule has 1 aromatic rings. The largest absolute Gasteiger partial charge is 0.346 e. The molecular formula is C14H22N4O2S. The van der Waals surface area contributed by atoms with Crippen molar-refractivity contribution in [1.82, 2.24) is 20.8 Å². The molecule has 1 aliphatic carbocycles. The highest BCUT2D eigenvalue weighted by Gasteiger charge is 2.26. The Morgan fingerprint density at radius 3 is 2.81 bits per heavy atom. The van der Waals surface area contributed by atoms with Crippen LogP contribution in [-0.4, -0.2) is 40.1 Å². The topological polar surface area (TPSA) is 80.0 Å². The summed E-state index contributed by atoms with van der Waals surface area (Å²) in [4.78, 5) is 16.4. The summed E-state index contributed by atoms with van der Waals surface area (Å²) in [5.41, 5.74) is 0. The maximum atomic E-state index is 12.2. The van der Waals surface area contributed by atoms with Crippen molar-refractivity contribution in [3.8, 4) is 0 Å². The van der Waals surface area contributed by atoms with Crippen LogP contribution in [0.25, 0.3) is 0 Å². The van der Waals surface area contributed by atoms with E-state index >= 15 is 0 Å². The number of hydrogen-bond acceptors (Lipinski definition) is 6. The summed E-state index contributed by atoms with van der Waals surface area (Å²) in [6.07, 6.45) is 8.64. The second kappa shape index (κ2) is 6.79. The van der Waals surface area contributed by atoms with Gasteiger partial charge in [0.1, 0.15) is 0 Å². The SMILES string of the molecule is CSC1CCC(NC(=O)c2noc(C3CCCN3)n2)CC1. The fourth-order valence-corrected chi connectivity index (χ4v) is 3.80. The molecule has 1 aliphatic heterocycles. The molecule has 0 radical (unpaired) electrons. The summed E-state index contributed by atoms with van der Waals surface area (Å²) >= 11 is 1.92. The highest BCUT2D eigenvalue weighted by atomic mass is 32.2. The lowest BCUT2D eigenvalue weighted by Gasteiger charge is -2.27. The van der Waals surface area contributed by atoms with Crippen molar-refractivity contribution in [1.29, 1.82) is 0 Å². The third kappa shape index (κ3) is 3.58. The number of nitrogens with one attached hydrogen (secondary N) is 2. The van der Waals surface area contributed by atoms with E-state index in [0.717, 1.165) is 50.3 Å². The number of thioether (sulfide) groups is 1. The first kappa shape index (κ1) is 14.8. The van der Waals surface area contributed by atoms with Crippen molar-refractivity contribution >= 4 is 17.7 Å². The van der Waals surface area contributed by atoms with E-state index in [0.29, 0.717) is 5.89 Å². The van der Waals surface area contributed by atoms with Crippen LogP contribution >= 0.6 is 11.8 Å². The number of nitrogens with zero attached hydrogens (tertiary/aromatic N) is 2. The Bertz CT molecular complexity index is 479. The van der Waals surface area contributed by atoms with Crippen molar-refractivity contribution in [2.45, 2.75) is 55.9 Å². The fourth-order valence-electron chi connectivity index (χ4n) is 3.06. The lowest BCUT2D eigenvalue weighted by Crippen LogP contribution is -2.38. The van der Waals surface area contributed by atoms with Crippen molar-refractivity contribution < 1.29 is 9.32 Å². The van der Waals surface area contributed by atoms with E-state index in [1.54, 1.807) is 0 Å². The van der Waals surface area contributed by atoms with E-state index in [4.69, 9.17) is 4.52 Å². The molecule has 0 spiro atoms. The van der Waals surface area contributed by atoms with Crippen LogP contribution in [0.15, 0.2) is 4.52 Å². The molecule has 2 aliphatic rings. The average molecular weight is 310 g/mol. The molecule has 0 aromatic carbocycles. The Kier molecular flexibility index (Phi) is 4.80. The lowest BCUT2D eigenvalue weighted by molar-refractivity contribution is 0.0914. The highest BCUT2D eigenvalue weighted by Crippen LogP contribution is 2.27. The van der Waals surface area contributed by atoms with E-state index in [1.165, 1.54) is 0 Å². The zero-order valence-corrected chi connectivity index (χ0v) is 13.1. The molecule has 2 heterocycles. The number of rotatable bonds is 4. The number of amides is 1. The van der Waals surface area contributed by atoms with Gasteiger partial charge in [-0.1, -0.05) is 5.16 Å². The maximum Gasteiger partial charge on any atom is 0.292 e. The first-order valence-electron chi connectivity index (χ1n) is 7.67. The van der Waals surface area contributed by atoms with E-state index in [1.807, 2.05) is 11.8 Å². The highest BCUT2D eigenvalue weighted by molar-refractivity contribution is 7.99. The Balaban J connectivity index is 1.53. The zero-order chi connectivity index (χ0) is 14.7. The van der Waals surface area contributed by atoms with Gasteiger partial charge in [-0.15, -0.1) is 0 Å². The molecule has 0 bridgehead atoms. The van der Waals surface area contributed by atoms with Crippen LogP contribution < -0.4 is 10.6 Å². The van der Waals surface area contributed by atoms with Gasteiger partial charge < -0.3 is 15.2 Å². The standard InChI is InChI=1S/C14H22N4O2S/c1-21-10-6-4-9(5-7-10)16-13(19)12-17-14(20-18-12)11-3-2-8-15-11/h9-11,15H,2-8H2,1H3,(H,16,19). The molecule has 116 valence electrons. The molecule has 2 fully saturated rings. The van der Waals surface area contributed by atoms with Gasteiger partial charge in [0.2, 0.25) is 5.89 Å². The van der Waals surface area contributed by atoms with E-state index in [2.05, 4.69) is 27.0 Å². The first-order chi connectivity index (χ1) is 10.3. The summed E-state index contributed by atoms with van der Waals surface area (Å²) in [6.45, 7) is 0.966. The van der Waals surface area contributed by atoms with Crippen LogP contribution in [-0.2, 0) is 0 Å². The monoisotopic (exact) mass is 310 g/mol. The van der Waals surface area contributed by atoms with Gasteiger partial charge in [-0.3, -0.25) is 4.79 Å². The fraction of sp³-hybridized carbons (Fsp3) is 0.786. The Morgan fingerprint density at radius 1 is 1.33 bits per heavy atom. The number of carbonyl (C=O) groups excluding carboxylic acids is 1. The molecule has 1 unspecified atom stereocenters. The molecule has 3 rings (SSSR count). The Hall–Kier alpha value is -1.08. The van der Waals surface area contributed by atoms with Gasteiger partial charge in [0.05, 0.1) is 6.04 Å². The summed E-state index contributed by atoms with van der Waals surface area (Å²) in [5.74, 6) is 0.477. The maximum absolute atomic E-state index is 12.2. The summed E-state index contributed by atoms with van der Waals surface area (Å²) < 4.78 is 5.21. The second-order valence-electron chi connectivity index (χ2n) is 5.79. The second-order valence-corrected chi connectivity index (χ2v) is 6.93. The van der Waals surface area contributed by atoms with Gasteiger partial charge in [-0.05, 0) is 51.3 Å². The third-order valence-electron chi connectivity index (χ3n) is 4.35. The van der Waals surface area contributed by atoms with E-state index in [9.17, 15) is 4.79 Å². The number of carbonyl (C=O) groups is 1. The smallest absolute Gasteiger partial charge is 0.292 e. The number of aromatic nitrogens is 2. The van der Waals surface area contributed by atoms with Gasteiger partial charge in [0.25, 0.3) is 11.7 Å². The predicted molar refractivity (Wildman–Crippen MR) is 81.3 cm³/mol. The van der Waals surface area contributed by atoms with Crippen molar-refractivity contribution in [2.75, 3.05) is 12.8 Å². The van der Waals surface area contributed by atoms with Gasteiger partial charge in [0, 0.05) is 11.3 Å². The summed E-state index contributed by atoms with van der Waals surface area (Å²) in [6, 6.07) is 0.350. The quantitative estimate of drug-likeness (QED) is 0.884. The minimum atomic E-state index is -0.212. The average Bonchev–Trinajstić information content (AvgIpc) is 3.19. The molecule has 1 saturated heterocycles. The van der Waals surface area contributed by atoms with Gasteiger partial charge in [-0.2, -0.15) is 16.7 Å². The van der Waals surface area contributed by atoms with Crippen molar-refractivity contribution in [3.63, 3.8) is 0 Å². The lowest BCUT2D eigenvalue weighted by atomic mass is 9.95. The van der Waals surface area contributed by atoms with Gasteiger partial charge in [0.15, 0.2) is 0 Å². The Morgan fingerprint density at radius 2 is 2.14 bits per heavy atom. The molecule has 2 N–H and O–H groups in total. The molecule has 1 atom stereocenters. The van der Waals surface area contributed by atoms with Crippen LogP contribution in [0.2, 0.25) is 0 Å². The molecule has 21 heavy (non-hydrogen) atoms. The van der Waals surface area contributed by atoms with Crippen LogP contribution in [0, 0.1) is 0 Å². The summed E-state index contributed by atoms with van der Waals surface area (Å²) in [7, 11) is 0. The van der Waals surface area contributed by atoms with Crippen molar-refractivity contribution in [2.24, 2.45) is 0 Å². The van der Waals surface area contributed by atoms with Crippen molar-refractivity contribution in [3.05, 3.63) is 11.7 Å².